The lowest BCUT2D eigenvalue weighted by atomic mass is 10.2. The number of nitrogens with two attached hydrogens (primary N) is 1. The van der Waals surface area contributed by atoms with E-state index in [1.54, 1.807) is 7.11 Å². The summed E-state index contributed by atoms with van der Waals surface area (Å²) in [6.45, 7) is 5.54. The molecule has 2 rings (SSSR count). The second-order valence-corrected chi connectivity index (χ2v) is 4.78. The van der Waals surface area contributed by atoms with Crippen molar-refractivity contribution in [1.82, 2.24) is 0 Å². The van der Waals surface area contributed by atoms with Gasteiger partial charge in [-0.1, -0.05) is 0 Å². The third-order valence-corrected chi connectivity index (χ3v) is 3.36. The van der Waals surface area contributed by atoms with Gasteiger partial charge in [-0.15, -0.1) is 0 Å². The van der Waals surface area contributed by atoms with Crippen molar-refractivity contribution < 1.29 is 19.5 Å². The molecule has 1 saturated heterocycles. The summed E-state index contributed by atoms with van der Waals surface area (Å²) in [6, 6.07) is 6.13. The van der Waals surface area contributed by atoms with E-state index in [0.29, 0.717) is 12.7 Å². The Kier molecular flexibility index (Phi) is 5.48. The summed E-state index contributed by atoms with van der Waals surface area (Å²) < 4.78 is 16.5. The fraction of sp³-hybridized carbons (Fsp3) is 0.600. The summed E-state index contributed by atoms with van der Waals surface area (Å²) in [5, 5.41) is 2.30. The molecular formula is C15H24NO3+. The molecule has 1 heterocycles. The zero-order valence-corrected chi connectivity index (χ0v) is 11.9. The SMILES string of the molecule is CCOc1ccc(C[NH2+]C[C@H]2CCCO2)cc1OC. The topological polar surface area (TPSA) is 44.3 Å². The van der Waals surface area contributed by atoms with Crippen molar-refractivity contribution >= 4 is 0 Å². The van der Waals surface area contributed by atoms with Gasteiger partial charge < -0.3 is 19.5 Å². The maximum atomic E-state index is 5.61. The molecule has 1 aliphatic heterocycles. The van der Waals surface area contributed by atoms with Crippen molar-refractivity contribution in [3.05, 3.63) is 23.8 Å². The zero-order valence-electron chi connectivity index (χ0n) is 11.9. The highest BCUT2D eigenvalue weighted by atomic mass is 16.5. The molecular weight excluding hydrogens is 242 g/mol. The van der Waals surface area contributed by atoms with E-state index in [2.05, 4.69) is 17.4 Å². The lowest BCUT2D eigenvalue weighted by Crippen LogP contribution is -2.84. The van der Waals surface area contributed by atoms with Crippen LogP contribution in [0.1, 0.15) is 25.3 Å². The Morgan fingerprint density at radius 3 is 2.95 bits per heavy atom. The first-order valence-corrected chi connectivity index (χ1v) is 7.06. The molecule has 0 radical (unpaired) electrons. The van der Waals surface area contributed by atoms with Crippen molar-refractivity contribution in [1.29, 1.82) is 0 Å². The average molecular weight is 266 g/mol. The number of methoxy groups -OCH3 is 1. The molecule has 0 bridgehead atoms. The molecule has 4 nitrogen and oxygen atoms in total. The molecule has 0 aromatic heterocycles. The van der Waals surface area contributed by atoms with E-state index < -0.39 is 0 Å². The van der Waals surface area contributed by atoms with E-state index in [-0.39, 0.29) is 0 Å². The van der Waals surface area contributed by atoms with Crippen LogP contribution in [0.15, 0.2) is 18.2 Å². The fourth-order valence-electron chi connectivity index (χ4n) is 2.38. The van der Waals surface area contributed by atoms with Crippen molar-refractivity contribution in [2.24, 2.45) is 0 Å². The summed E-state index contributed by atoms with van der Waals surface area (Å²) in [5.74, 6) is 1.62. The van der Waals surface area contributed by atoms with E-state index in [0.717, 1.165) is 31.2 Å². The average Bonchev–Trinajstić information content (AvgIpc) is 2.94. The van der Waals surface area contributed by atoms with Crippen LogP contribution in [0.4, 0.5) is 0 Å². The number of benzene rings is 1. The Morgan fingerprint density at radius 2 is 2.26 bits per heavy atom. The summed E-state index contributed by atoms with van der Waals surface area (Å²) in [4.78, 5) is 0. The van der Waals surface area contributed by atoms with Crippen LogP contribution in [-0.4, -0.2) is 33.0 Å². The van der Waals surface area contributed by atoms with Crippen LogP contribution in [-0.2, 0) is 11.3 Å². The lowest BCUT2D eigenvalue weighted by molar-refractivity contribution is -0.676. The number of hydrogen-bond acceptors (Lipinski definition) is 3. The zero-order chi connectivity index (χ0) is 13.5. The van der Waals surface area contributed by atoms with Crippen LogP contribution in [0.3, 0.4) is 0 Å². The molecule has 0 amide bonds. The highest BCUT2D eigenvalue weighted by Crippen LogP contribution is 2.27. The summed E-state index contributed by atoms with van der Waals surface area (Å²) >= 11 is 0. The highest BCUT2D eigenvalue weighted by molar-refractivity contribution is 5.42. The van der Waals surface area contributed by atoms with E-state index in [9.17, 15) is 0 Å². The van der Waals surface area contributed by atoms with Gasteiger partial charge in [0.25, 0.3) is 0 Å². The predicted molar refractivity (Wildman–Crippen MR) is 73.6 cm³/mol. The van der Waals surface area contributed by atoms with E-state index in [1.807, 2.05) is 13.0 Å². The molecule has 0 unspecified atom stereocenters. The van der Waals surface area contributed by atoms with Gasteiger partial charge in [-0.05, 0) is 38.0 Å². The number of quaternary nitrogens is 1. The van der Waals surface area contributed by atoms with Gasteiger partial charge in [-0.3, -0.25) is 0 Å². The number of hydrogen-bond donors (Lipinski definition) is 1. The van der Waals surface area contributed by atoms with Crippen molar-refractivity contribution in [3.8, 4) is 11.5 Å². The Labute approximate surface area is 115 Å². The Morgan fingerprint density at radius 1 is 1.37 bits per heavy atom. The van der Waals surface area contributed by atoms with Gasteiger partial charge in [0.2, 0.25) is 0 Å². The maximum absolute atomic E-state index is 5.61. The highest BCUT2D eigenvalue weighted by Gasteiger charge is 2.16. The molecule has 19 heavy (non-hydrogen) atoms. The molecule has 1 atom stereocenters. The van der Waals surface area contributed by atoms with E-state index in [4.69, 9.17) is 14.2 Å². The van der Waals surface area contributed by atoms with Gasteiger partial charge in [0, 0.05) is 12.2 Å². The van der Waals surface area contributed by atoms with Crippen molar-refractivity contribution in [2.75, 3.05) is 26.9 Å². The third-order valence-electron chi connectivity index (χ3n) is 3.36. The second-order valence-electron chi connectivity index (χ2n) is 4.78. The second kappa shape index (κ2) is 7.36. The molecule has 1 aliphatic rings. The predicted octanol–water partition coefficient (Wildman–Crippen LogP) is 1.34. The van der Waals surface area contributed by atoms with Gasteiger partial charge >= 0.3 is 0 Å². The van der Waals surface area contributed by atoms with Gasteiger partial charge in [-0.25, -0.2) is 0 Å². The van der Waals surface area contributed by atoms with E-state index >= 15 is 0 Å². The lowest BCUT2D eigenvalue weighted by Gasteiger charge is -2.11. The van der Waals surface area contributed by atoms with Crippen LogP contribution >= 0.6 is 0 Å². The first-order valence-electron chi connectivity index (χ1n) is 7.06. The van der Waals surface area contributed by atoms with E-state index in [1.165, 1.54) is 18.4 Å². The minimum Gasteiger partial charge on any atom is -0.493 e. The molecule has 0 spiro atoms. The summed E-state index contributed by atoms with van der Waals surface area (Å²) in [5.41, 5.74) is 1.25. The first-order chi connectivity index (χ1) is 9.33. The molecule has 1 fully saturated rings. The maximum Gasteiger partial charge on any atom is 0.161 e. The minimum atomic E-state index is 0.435. The first kappa shape index (κ1) is 14.2. The smallest absolute Gasteiger partial charge is 0.161 e. The Balaban J connectivity index is 1.85. The molecule has 0 aliphatic carbocycles. The fourth-order valence-corrected chi connectivity index (χ4v) is 2.38. The third kappa shape index (κ3) is 4.11. The van der Waals surface area contributed by atoms with Gasteiger partial charge in [0.15, 0.2) is 11.5 Å². The monoisotopic (exact) mass is 266 g/mol. The number of ether oxygens (including phenoxy) is 3. The molecule has 0 saturated carbocycles. The van der Waals surface area contributed by atoms with Gasteiger partial charge in [0.05, 0.1) is 13.7 Å². The van der Waals surface area contributed by atoms with Gasteiger partial charge in [0.1, 0.15) is 19.2 Å². The van der Waals surface area contributed by atoms with Crippen LogP contribution in [0, 0.1) is 0 Å². The molecule has 1 aromatic rings. The van der Waals surface area contributed by atoms with Gasteiger partial charge in [-0.2, -0.15) is 0 Å². The molecule has 1 aromatic carbocycles. The van der Waals surface area contributed by atoms with Crippen LogP contribution < -0.4 is 14.8 Å². The summed E-state index contributed by atoms with van der Waals surface area (Å²) in [7, 11) is 1.68. The summed E-state index contributed by atoms with van der Waals surface area (Å²) in [6.07, 6.45) is 2.84. The normalized spacial score (nSPS) is 18.5. The van der Waals surface area contributed by atoms with Crippen molar-refractivity contribution in [2.45, 2.75) is 32.4 Å². The van der Waals surface area contributed by atoms with Crippen LogP contribution in [0.5, 0.6) is 11.5 Å². The van der Waals surface area contributed by atoms with Crippen molar-refractivity contribution in [3.63, 3.8) is 0 Å². The Bertz CT molecular complexity index is 389. The Hall–Kier alpha value is -1.26. The largest absolute Gasteiger partial charge is 0.493 e. The number of rotatable bonds is 7. The van der Waals surface area contributed by atoms with Crippen LogP contribution in [0.2, 0.25) is 0 Å². The molecule has 4 heteroatoms. The quantitative estimate of drug-likeness (QED) is 0.810. The van der Waals surface area contributed by atoms with Crippen LogP contribution in [0.25, 0.3) is 0 Å². The molecule has 2 N–H and O–H groups in total. The molecule has 106 valence electrons. The standard InChI is InChI=1S/C15H23NO3/c1-3-18-14-7-6-12(9-15(14)17-2)10-16-11-13-5-4-8-19-13/h6-7,9,13,16H,3-5,8,10-11H2,1-2H3/p+1/t13-/m1/s1. The minimum absolute atomic E-state index is 0.435.